The fourth-order valence-corrected chi connectivity index (χ4v) is 7.76. The predicted octanol–water partition coefficient (Wildman–Crippen LogP) is 11.4. The maximum atomic E-state index is 13.4. The third-order valence-electron chi connectivity index (χ3n) is 9.77. The summed E-state index contributed by atoms with van der Waals surface area (Å²) in [6.07, 6.45) is -0.861. The standard InChI is InChI=1S/C43H28F3N3/c44-43(45,46)31-19-21-32(22-20-31)48-38-24-23-33(27-34(38)35-28-47-26-25-39(35)48)49-40-17-9-7-15-36(40)42(29-11-3-1-4-12-29,30-13-5-2-6-14-30)37-16-8-10-18-41(37)49/h1-28H. The molecular weight excluding hydrogens is 615 g/mol. The van der Waals surface area contributed by atoms with Crippen LogP contribution in [0.15, 0.2) is 170 Å². The van der Waals surface area contributed by atoms with Crippen LogP contribution < -0.4 is 4.90 Å². The molecule has 0 amide bonds. The zero-order valence-corrected chi connectivity index (χ0v) is 26.1. The average Bonchev–Trinajstić information content (AvgIpc) is 3.48. The topological polar surface area (TPSA) is 21.1 Å². The smallest absolute Gasteiger partial charge is 0.310 e. The molecule has 0 saturated carbocycles. The molecule has 0 N–H and O–H groups in total. The van der Waals surface area contributed by atoms with Gasteiger partial charge in [0.15, 0.2) is 0 Å². The number of hydrogen-bond donors (Lipinski definition) is 0. The number of aromatic nitrogens is 2. The van der Waals surface area contributed by atoms with Gasteiger partial charge in [-0.1, -0.05) is 97.1 Å². The van der Waals surface area contributed by atoms with Gasteiger partial charge in [-0.25, -0.2) is 0 Å². The largest absolute Gasteiger partial charge is 0.416 e. The first kappa shape index (κ1) is 29.0. The molecule has 0 spiro atoms. The number of para-hydroxylation sites is 2. The van der Waals surface area contributed by atoms with Gasteiger partial charge >= 0.3 is 6.18 Å². The van der Waals surface area contributed by atoms with E-state index in [1.54, 1.807) is 6.20 Å². The van der Waals surface area contributed by atoms with Gasteiger partial charge in [-0.05, 0) is 82.9 Å². The lowest BCUT2D eigenvalue weighted by molar-refractivity contribution is -0.137. The van der Waals surface area contributed by atoms with Crippen LogP contribution in [0, 0.1) is 0 Å². The Morgan fingerprint density at radius 1 is 0.510 bits per heavy atom. The Morgan fingerprint density at radius 3 is 1.63 bits per heavy atom. The van der Waals surface area contributed by atoms with Crippen LogP contribution in [-0.4, -0.2) is 9.55 Å². The van der Waals surface area contributed by atoms with Crippen LogP contribution in [0.5, 0.6) is 0 Å². The summed E-state index contributed by atoms with van der Waals surface area (Å²) in [5, 5.41) is 1.87. The van der Waals surface area contributed by atoms with Crippen molar-refractivity contribution in [3.63, 3.8) is 0 Å². The van der Waals surface area contributed by atoms with Gasteiger partial charge in [-0.2, -0.15) is 13.2 Å². The molecule has 0 radical (unpaired) electrons. The number of halogens is 3. The summed E-state index contributed by atoms with van der Waals surface area (Å²) in [5.74, 6) is 0. The van der Waals surface area contributed by atoms with Crippen molar-refractivity contribution in [2.45, 2.75) is 11.6 Å². The monoisotopic (exact) mass is 643 g/mol. The molecular formula is C43H28F3N3. The highest BCUT2D eigenvalue weighted by atomic mass is 19.4. The van der Waals surface area contributed by atoms with E-state index in [9.17, 15) is 13.2 Å². The minimum atomic E-state index is -4.40. The molecule has 0 atom stereocenters. The minimum Gasteiger partial charge on any atom is -0.310 e. The summed E-state index contributed by atoms with van der Waals surface area (Å²) in [4.78, 5) is 6.77. The number of anilines is 3. The van der Waals surface area contributed by atoms with Gasteiger partial charge in [0, 0.05) is 34.5 Å². The van der Waals surface area contributed by atoms with E-state index in [-0.39, 0.29) is 0 Å². The quantitative estimate of drug-likeness (QED) is 0.190. The summed E-state index contributed by atoms with van der Waals surface area (Å²) in [6, 6.07) is 52.2. The highest BCUT2D eigenvalue weighted by Gasteiger charge is 2.46. The molecule has 2 aromatic heterocycles. The lowest BCUT2D eigenvalue weighted by atomic mass is 9.62. The first-order valence-electron chi connectivity index (χ1n) is 16.1. The van der Waals surface area contributed by atoms with Gasteiger partial charge in [0.2, 0.25) is 0 Å². The number of alkyl halides is 3. The summed E-state index contributed by atoms with van der Waals surface area (Å²) in [7, 11) is 0. The van der Waals surface area contributed by atoms with Gasteiger partial charge in [-0.15, -0.1) is 0 Å². The van der Waals surface area contributed by atoms with E-state index in [0.29, 0.717) is 5.69 Å². The Morgan fingerprint density at radius 2 is 1.04 bits per heavy atom. The van der Waals surface area contributed by atoms with Crippen molar-refractivity contribution in [1.29, 1.82) is 0 Å². The van der Waals surface area contributed by atoms with Crippen molar-refractivity contribution < 1.29 is 13.2 Å². The number of pyridine rings is 1. The molecule has 1 aliphatic heterocycles. The SMILES string of the molecule is FC(F)(F)c1ccc(-n2c3ccncc3c3cc(N4c5ccccc5C(c5ccccc5)(c5ccccc5)c5ccccc54)ccc32)cc1. The van der Waals surface area contributed by atoms with Crippen LogP contribution in [0.3, 0.4) is 0 Å². The van der Waals surface area contributed by atoms with Gasteiger partial charge in [-0.3, -0.25) is 4.98 Å². The molecule has 6 aromatic carbocycles. The van der Waals surface area contributed by atoms with E-state index in [2.05, 4.69) is 137 Å². The number of benzene rings is 6. The Balaban J connectivity index is 1.29. The molecule has 3 heterocycles. The van der Waals surface area contributed by atoms with Crippen molar-refractivity contribution in [3.8, 4) is 5.69 Å². The van der Waals surface area contributed by atoms with E-state index in [4.69, 9.17) is 0 Å². The molecule has 6 heteroatoms. The van der Waals surface area contributed by atoms with Crippen molar-refractivity contribution >= 4 is 38.9 Å². The summed E-state index contributed by atoms with van der Waals surface area (Å²) in [5.41, 5.74) is 8.96. The predicted molar refractivity (Wildman–Crippen MR) is 190 cm³/mol. The fourth-order valence-electron chi connectivity index (χ4n) is 7.76. The molecule has 1 aliphatic rings. The second-order valence-electron chi connectivity index (χ2n) is 12.3. The molecule has 9 rings (SSSR count). The van der Waals surface area contributed by atoms with Gasteiger partial charge in [0.1, 0.15) is 0 Å². The lowest BCUT2D eigenvalue weighted by Crippen LogP contribution is -2.37. The Kier molecular flexibility index (Phi) is 6.49. The molecule has 0 bridgehead atoms. The Bertz CT molecular complexity index is 2390. The highest BCUT2D eigenvalue weighted by molar-refractivity contribution is 6.10. The van der Waals surface area contributed by atoms with Crippen LogP contribution in [0.1, 0.15) is 27.8 Å². The molecule has 0 aliphatic carbocycles. The molecule has 236 valence electrons. The van der Waals surface area contributed by atoms with Crippen LogP contribution >= 0.6 is 0 Å². The minimum absolute atomic E-state index is 0.571. The van der Waals surface area contributed by atoms with Crippen molar-refractivity contribution in [3.05, 3.63) is 198 Å². The zero-order valence-electron chi connectivity index (χ0n) is 26.1. The third-order valence-corrected chi connectivity index (χ3v) is 9.77. The highest BCUT2D eigenvalue weighted by Crippen LogP contribution is 2.57. The first-order chi connectivity index (χ1) is 24.0. The van der Waals surface area contributed by atoms with Crippen LogP contribution in [0.25, 0.3) is 27.5 Å². The molecule has 0 unspecified atom stereocenters. The first-order valence-corrected chi connectivity index (χ1v) is 16.1. The molecule has 49 heavy (non-hydrogen) atoms. The fraction of sp³-hybridized carbons (Fsp3) is 0.0465. The number of rotatable bonds is 4. The van der Waals surface area contributed by atoms with E-state index in [1.165, 1.54) is 34.4 Å². The Labute approximate surface area is 281 Å². The summed E-state index contributed by atoms with van der Waals surface area (Å²) < 4.78 is 42.3. The van der Waals surface area contributed by atoms with E-state index in [1.807, 2.05) is 16.8 Å². The third kappa shape index (κ3) is 4.34. The second kappa shape index (κ2) is 11.0. The normalized spacial score (nSPS) is 13.7. The molecule has 0 saturated heterocycles. The van der Waals surface area contributed by atoms with Gasteiger partial charge in [0.25, 0.3) is 0 Å². The van der Waals surface area contributed by atoms with E-state index in [0.717, 1.165) is 51.0 Å². The van der Waals surface area contributed by atoms with Crippen molar-refractivity contribution in [2.24, 2.45) is 0 Å². The molecule has 3 nitrogen and oxygen atoms in total. The van der Waals surface area contributed by atoms with Crippen molar-refractivity contribution in [1.82, 2.24) is 9.55 Å². The summed E-state index contributed by atoms with van der Waals surface area (Å²) in [6.45, 7) is 0. The van der Waals surface area contributed by atoms with Crippen LogP contribution in [0.2, 0.25) is 0 Å². The van der Waals surface area contributed by atoms with Gasteiger partial charge < -0.3 is 9.47 Å². The summed E-state index contributed by atoms with van der Waals surface area (Å²) >= 11 is 0. The average molecular weight is 644 g/mol. The van der Waals surface area contributed by atoms with E-state index < -0.39 is 17.2 Å². The lowest BCUT2D eigenvalue weighted by Gasteiger charge is -2.46. The second-order valence-corrected chi connectivity index (χ2v) is 12.3. The number of nitrogens with zero attached hydrogens (tertiary/aromatic N) is 3. The maximum Gasteiger partial charge on any atom is 0.416 e. The van der Waals surface area contributed by atoms with E-state index >= 15 is 0 Å². The zero-order chi connectivity index (χ0) is 33.2. The molecule has 8 aromatic rings. The van der Waals surface area contributed by atoms with Crippen molar-refractivity contribution in [2.75, 3.05) is 4.90 Å². The maximum absolute atomic E-state index is 13.4. The number of fused-ring (bicyclic) bond motifs is 5. The number of hydrogen-bond acceptors (Lipinski definition) is 2. The molecule has 0 fully saturated rings. The van der Waals surface area contributed by atoms with Gasteiger partial charge in [0.05, 0.1) is 33.4 Å². The van der Waals surface area contributed by atoms with Crippen LogP contribution in [0.4, 0.5) is 30.2 Å². The van der Waals surface area contributed by atoms with Crippen LogP contribution in [-0.2, 0) is 11.6 Å². The Hall–Kier alpha value is -6.14.